The molecule has 1 heterocycles. The number of ether oxygens (including phenoxy) is 2. The maximum atomic E-state index is 12.2. The van der Waals surface area contributed by atoms with Gasteiger partial charge in [0.1, 0.15) is 11.4 Å². The molecule has 1 amide bonds. The molecule has 0 aliphatic carbocycles. The van der Waals surface area contributed by atoms with Crippen molar-refractivity contribution in [3.63, 3.8) is 0 Å². The first-order chi connectivity index (χ1) is 11.2. The van der Waals surface area contributed by atoms with Crippen LogP contribution in [0.5, 0.6) is 5.75 Å². The Hall–Kier alpha value is -1.60. The van der Waals surface area contributed by atoms with E-state index < -0.39 is 16.4 Å². The normalized spacial score (nSPS) is 18.9. The second kappa shape index (κ2) is 9.20. The fraction of sp³-hybridized carbons (Fsp3) is 0.611. The fourth-order valence-corrected chi connectivity index (χ4v) is 3.15. The van der Waals surface area contributed by atoms with Crippen LogP contribution in [-0.2, 0) is 15.5 Å². The van der Waals surface area contributed by atoms with E-state index in [9.17, 15) is 9.00 Å². The van der Waals surface area contributed by atoms with Crippen molar-refractivity contribution in [3.05, 3.63) is 24.3 Å². The number of rotatable bonds is 4. The molecule has 0 bridgehead atoms. The van der Waals surface area contributed by atoms with Gasteiger partial charge in [-0.2, -0.15) is 0 Å². The molecule has 1 saturated heterocycles. The van der Waals surface area contributed by atoms with E-state index in [0.717, 1.165) is 30.0 Å². The van der Waals surface area contributed by atoms with E-state index in [-0.39, 0.29) is 11.6 Å². The summed E-state index contributed by atoms with van der Waals surface area (Å²) < 4.78 is 22.7. The number of likely N-dealkylation sites (tertiary alicyclic amines) is 1. The van der Waals surface area contributed by atoms with Gasteiger partial charge < -0.3 is 19.8 Å². The van der Waals surface area contributed by atoms with Gasteiger partial charge in [-0.05, 0) is 57.9 Å². The lowest BCUT2D eigenvalue weighted by Crippen LogP contribution is -2.44. The SMILES string of the molecule is CS(=O)c1ccc(OC[C@@H]2CCCN(C(=O)OC(C)(C)C)C2)cc1.O. The van der Waals surface area contributed by atoms with Crippen molar-refractivity contribution in [1.82, 2.24) is 4.90 Å². The first-order valence-corrected chi connectivity index (χ1v) is 9.84. The second-order valence-corrected chi connectivity index (χ2v) is 8.55. The predicted molar refractivity (Wildman–Crippen MR) is 98.4 cm³/mol. The Kier molecular flexibility index (Phi) is 7.89. The number of amides is 1. The number of nitrogens with zero attached hydrogens (tertiary/aromatic N) is 1. The first-order valence-electron chi connectivity index (χ1n) is 8.29. The van der Waals surface area contributed by atoms with E-state index in [1.807, 2.05) is 45.0 Å². The molecule has 6 nitrogen and oxygen atoms in total. The summed E-state index contributed by atoms with van der Waals surface area (Å²) in [5.74, 6) is 1.06. The number of piperidine rings is 1. The zero-order valence-corrected chi connectivity index (χ0v) is 16.2. The van der Waals surface area contributed by atoms with E-state index in [1.54, 1.807) is 11.2 Å². The monoisotopic (exact) mass is 371 g/mol. The quantitative estimate of drug-likeness (QED) is 0.814. The number of hydrogen-bond acceptors (Lipinski definition) is 4. The van der Waals surface area contributed by atoms with Crippen LogP contribution in [0, 0.1) is 5.92 Å². The highest BCUT2D eigenvalue weighted by molar-refractivity contribution is 7.84. The second-order valence-electron chi connectivity index (χ2n) is 7.17. The Morgan fingerprint density at radius 1 is 1.28 bits per heavy atom. The smallest absolute Gasteiger partial charge is 0.410 e. The van der Waals surface area contributed by atoms with Crippen molar-refractivity contribution in [2.45, 2.75) is 44.1 Å². The van der Waals surface area contributed by atoms with Gasteiger partial charge in [0.15, 0.2) is 0 Å². The highest BCUT2D eigenvalue weighted by Crippen LogP contribution is 2.21. The number of carbonyl (C=O) groups excluding carboxylic acids is 1. The molecule has 0 spiro atoms. The van der Waals surface area contributed by atoms with Crippen molar-refractivity contribution in [2.24, 2.45) is 5.92 Å². The molecule has 1 aromatic carbocycles. The number of hydrogen-bond donors (Lipinski definition) is 0. The molecule has 0 saturated carbocycles. The molecule has 1 aromatic rings. The summed E-state index contributed by atoms with van der Waals surface area (Å²) in [6, 6.07) is 7.31. The maximum Gasteiger partial charge on any atom is 0.410 e. The molecule has 7 heteroatoms. The summed E-state index contributed by atoms with van der Waals surface area (Å²) in [7, 11) is -0.978. The lowest BCUT2D eigenvalue weighted by molar-refractivity contribution is 0.0139. The number of carbonyl (C=O) groups is 1. The Morgan fingerprint density at radius 3 is 2.48 bits per heavy atom. The highest BCUT2D eigenvalue weighted by atomic mass is 32.2. The third-order valence-electron chi connectivity index (χ3n) is 3.81. The van der Waals surface area contributed by atoms with Crippen molar-refractivity contribution >= 4 is 16.9 Å². The Bertz CT molecular complexity index is 582. The van der Waals surface area contributed by atoms with E-state index in [4.69, 9.17) is 9.47 Å². The molecule has 25 heavy (non-hydrogen) atoms. The summed E-state index contributed by atoms with van der Waals surface area (Å²) in [4.78, 5) is 14.7. The molecule has 2 N–H and O–H groups in total. The summed E-state index contributed by atoms with van der Waals surface area (Å²) in [5.41, 5.74) is -0.471. The summed E-state index contributed by atoms with van der Waals surface area (Å²) in [6.45, 7) is 7.59. The van der Waals surface area contributed by atoms with Gasteiger partial charge >= 0.3 is 6.09 Å². The average Bonchev–Trinajstić information content (AvgIpc) is 2.52. The van der Waals surface area contributed by atoms with Gasteiger partial charge in [0.25, 0.3) is 0 Å². The minimum absolute atomic E-state index is 0. The van der Waals surface area contributed by atoms with E-state index >= 15 is 0 Å². The lowest BCUT2D eigenvalue weighted by Gasteiger charge is -2.34. The summed E-state index contributed by atoms with van der Waals surface area (Å²) in [6.07, 6.45) is 3.41. The molecule has 1 fully saturated rings. The standard InChI is InChI=1S/C18H27NO4S.H2O/c1-18(2,3)23-17(20)19-11-5-6-14(12-19)13-22-15-7-9-16(10-8-15)24(4)21;/h7-10,14H,5-6,11-13H2,1-4H3;1H2/t14-,24?;/m1./s1. The van der Waals surface area contributed by atoms with Gasteiger partial charge in [-0.3, -0.25) is 4.21 Å². The van der Waals surface area contributed by atoms with Crippen molar-refractivity contribution in [2.75, 3.05) is 26.0 Å². The largest absolute Gasteiger partial charge is 0.493 e. The Labute approximate surface area is 152 Å². The zero-order valence-electron chi connectivity index (χ0n) is 15.4. The van der Waals surface area contributed by atoms with E-state index in [2.05, 4.69) is 0 Å². The van der Waals surface area contributed by atoms with Gasteiger partial charge in [0.05, 0.1) is 6.61 Å². The van der Waals surface area contributed by atoms with Crippen LogP contribution in [0.4, 0.5) is 4.79 Å². The molecule has 1 unspecified atom stereocenters. The van der Waals surface area contributed by atoms with E-state index in [1.165, 1.54) is 0 Å². The topological polar surface area (TPSA) is 87.3 Å². The minimum atomic E-state index is -0.978. The van der Waals surface area contributed by atoms with Crippen LogP contribution in [0.25, 0.3) is 0 Å². The molecular weight excluding hydrogens is 342 g/mol. The zero-order chi connectivity index (χ0) is 17.7. The molecule has 1 aliphatic heterocycles. The van der Waals surface area contributed by atoms with Crippen LogP contribution in [-0.4, -0.2) is 52.2 Å². The summed E-state index contributed by atoms with van der Waals surface area (Å²) >= 11 is 0. The van der Waals surface area contributed by atoms with Gasteiger partial charge in [-0.1, -0.05) is 0 Å². The Balaban J connectivity index is 0.00000312. The van der Waals surface area contributed by atoms with Gasteiger partial charge in [0.2, 0.25) is 0 Å². The van der Waals surface area contributed by atoms with Crippen LogP contribution in [0.2, 0.25) is 0 Å². The highest BCUT2D eigenvalue weighted by Gasteiger charge is 2.27. The Morgan fingerprint density at radius 2 is 1.92 bits per heavy atom. The van der Waals surface area contributed by atoms with Gasteiger partial charge in [-0.25, -0.2) is 4.79 Å². The van der Waals surface area contributed by atoms with Crippen LogP contribution in [0.3, 0.4) is 0 Å². The van der Waals surface area contributed by atoms with Gasteiger partial charge in [0, 0.05) is 41.0 Å². The van der Waals surface area contributed by atoms with E-state index in [0.29, 0.717) is 19.1 Å². The van der Waals surface area contributed by atoms with Crippen molar-refractivity contribution in [1.29, 1.82) is 0 Å². The molecule has 142 valence electrons. The van der Waals surface area contributed by atoms with Crippen molar-refractivity contribution in [3.8, 4) is 5.75 Å². The number of benzene rings is 1. The minimum Gasteiger partial charge on any atom is -0.493 e. The van der Waals surface area contributed by atoms with Crippen LogP contribution in [0.1, 0.15) is 33.6 Å². The molecule has 0 aromatic heterocycles. The molecule has 1 aliphatic rings. The van der Waals surface area contributed by atoms with Crippen LogP contribution >= 0.6 is 0 Å². The van der Waals surface area contributed by atoms with Crippen molar-refractivity contribution < 1.29 is 24.0 Å². The fourth-order valence-electron chi connectivity index (χ4n) is 2.63. The van der Waals surface area contributed by atoms with Gasteiger partial charge in [-0.15, -0.1) is 0 Å². The molecule has 2 atom stereocenters. The maximum absolute atomic E-state index is 12.2. The first kappa shape index (κ1) is 21.4. The van der Waals surface area contributed by atoms with Crippen LogP contribution in [0.15, 0.2) is 29.2 Å². The third kappa shape index (κ3) is 7.04. The predicted octanol–water partition coefficient (Wildman–Crippen LogP) is 2.63. The third-order valence-corrected chi connectivity index (χ3v) is 4.75. The average molecular weight is 371 g/mol. The molecule has 0 radical (unpaired) electrons. The molecule has 2 rings (SSSR count). The summed E-state index contributed by atoms with van der Waals surface area (Å²) in [5, 5.41) is 0. The molecular formula is C18H29NO5S. The lowest BCUT2D eigenvalue weighted by atomic mass is 9.99. The van der Waals surface area contributed by atoms with Crippen LogP contribution < -0.4 is 4.74 Å².